The lowest BCUT2D eigenvalue weighted by Crippen LogP contribution is -2.36. The van der Waals surface area contributed by atoms with Gasteiger partial charge in [-0.15, -0.1) is 0 Å². The molecular formula is C9H9Cl2F2NO. The minimum Gasteiger partial charge on any atom is -0.390 e. The Morgan fingerprint density at radius 3 is 2.53 bits per heavy atom. The van der Waals surface area contributed by atoms with E-state index in [1.54, 1.807) is 0 Å². The van der Waals surface area contributed by atoms with E-state index in [2.05, 4.69) is 0 Å². The molecule has 2 nitrogen and oxygen atoms in total. The van der Waals surface area contributed by atoms with E-state index in [1.807, 2.05) is 0 Å². The fraction of sp³-hybridized carbons (Fsp3) is 0.333. The summed E-state index contributed by atoms with van der Waals surface area (Å²) in [6.07, 6.45) is 0. The molecule has 0 radical (unpaired) electrons. The van der Waals surface area contributed by atoms with Crippen molar-refractivity contribution in [2.75, 3.05) is 6.61 Å². The molecule has 6 heteroatoms. The van der Waals surface area contributed by atoms with Crippen LogP contribution >= 0.6 is 23.2 Å². The van der Waals surface area contributed by atoms with E-state index in [0.717, 1.165) is 0 Å². The highest BCUT2D eigenvalue weighted by molar-refractivity contribution is 6.33. The summed E-state index contributed by atoms with van der Waals surface area (Å²) in [7, 11) is 0. The van der Waals surface area contributed by atoms with Gasteiger partial charge >= 0.3 is 0 Å². The van der Waals surface area contributed by atoms with E-state index in [4.69, 9.17) is 34.0 Å². The number of hydrogen-bond acceptors (Lipinski definition) is 2. The molecule has 0 amide bonds. The van der Waals surface area contributed by atoms with Gasteiger partial charge in [-0.3, -0.25) is 0 Å². The summed E-state index contributed by atoms with van der Waals surface area (Å²) in [5, 5.41) is 8.84. The first-order chi connectivity index (χ1) is 6.88. The maximum Gasteiger partial charge on any atom is 0.289 e. The summed E-state index contributed by atoms with van der Waals surface area (Å²) < 4.78 is 26.1. The van der Waals surface area contributed by atoms with E-state index in [9.17, 15) is 8.78 Å². The van der Waals surface area contributed by atoms with Gasteiger partial charge in [-0.25, -0.2) is 8.78 Å². The number of nitrogens with two attached hydrogens (primary N) is 1. The third-order valence-electron chi connectivity index (χ3n) is 1.96. The number of aliphatic hydroxyl groups excluding tert-OH is 1. The number of halogens is 4. The zero-order chi connectivity index (χ0) is 11.6. The first-order valence-corrected chi connectivity index (χ1v) is 4.83. The van der Waals surface area contributed by atoms with Crippen LogP contribution in [0.4, 0.5) is 8.78 Å². The molecule has 0 aromatic heterocycles. The van der Waals surface area contributed by atoms with Gasteiger partial charge in [0, 0.05) is 10.0 Å². The van der Waals surface area contributed by atoms with Gasteiger partial charge in [-0.05, 0) is 23.8 Å². The zero-order valence-corrected chi connectivity index (χ0v) is 9.06. The molecule has 1 aromatic carbocycles. The Labute approximate surface area is 95.6 Å². The summed E-state index contributed by atoms with van der Waals surface area (Å²) in [6.45, 7) is -1.34. The highest BCUT2D eigenvalue weighted by Crippen LogP contribution is 2.34. The minimum atomic E-state index is -3.42. The molecule has 84 valence electrons. The minimum absolute atomic E-state index is 0.0169. The summed E-state index contributed by atoms with van der Waals surface area (Å²) in [4.78, 5) is 0. The van der Waals surface area contributed by atoms with Crippen molar-refractivity contribution in [1.82, 2.24) is 0 Å². The molecule has 0 saturated heterocycles. The normalized spacial score (nSPS) is 14.0. The van der Waals surface area contributed by atoms with Crippen molar-refractivity contribution < 1.29 is 13.9 Å². The third kappa shape index (κ3) is 2.78. The molecule has 0 fully saturated rings. The lowest BCUT2D eigenvalue weighted by atomic mass is 10.0. The monoisotopic (exact) mass is 255 g/mol. The van der Waals surface area contributed by atoms with Crippen molar-refractivity contribution in [3.63, 3.8) is 0 Å². The Balaban J connectivity index is 3.10. The van der Waals surface area contributed by atoms with Gasteiger partial charge in [0.15, 0.2) is 0 Å². The molecule has 0 aliphatic carbocycles. The molecule has 1 aromatic rings. The number of alkyl halides is 2. The zero-order valence-electron chi connectivity index (χ0n) is 7.55. The van der Waals surface area contributed by atoms with Crippen LogP contribution in [0.15, 0.2) is 18.2 Å². The fourth-order valence-electron chi connectivity index (χ4n) is 1.08. The third-order valence-corrected chi connectivity index (χ3v) is 2.54. The topological polar surface area (TPSA) is 46.2 Å². The van der Waals surface area contributed by atoms with Gasteiger partial charge < -0.3 is 10.8 Å². The number of hydrogen-bond donors (Lipinski definition) is 2. The molecule has 1 rings (SSSR count). The molecule has 1 atom stereocenters. The lowest BCUT2D eigenvalue weighted by molar-refractivity contribution is -0.0711. The van der Waals surface area contributed by atoms with E-state index in [-0.39, 0.29) is 15.6 Å². The maximum atomic E-state index is 13.1. The Morgan fingerprint density at radius 1 is 1.40 bits per heavy atom. The lowest BCUT2D eigenvalue weighted by Gasteiger charge is -2.22. The molecule has 0 saturated carbocycles. The molecule has 0 aliphatic rings. The van der Waals surface area contributed by atoms with Crippen LogP contribution in [0.25, 0.3) is 0 Å². The summed E-state index contributed by atoms with van der Waals surface area (Å²) >= 11 is 11.3. The predicted octanol–water partition coefficient (Wildman–Crippen LogP) is 2.62. The molecule has 3 N–H and O–H groups in total. The Hall–Kier alpha value is -0.420. The predicted molar refractivity (Wildman–Crippen MR) is 55.4 cm³/mol. The van der Waals surface area contributed by atoms with Crippen LogP contribution in [-0.4, -0.2) is 17.6 Å². The first kappa shape index (κ1) is 12.6. The van der Waals surface area contributed by atoms with Gasteiger partial charge in [-0.2, -0.15) is 0 Å². The molecule has 0 bridgehead atoms. The van der Waals surface area contributed by atoms with Crippen LogP contribution in [0.1, 0.15) is 11.6 Å². The Bertz CT molecular complexity index is 360. The second-order valence-corrected chi connectivity index (χ2v) is 3.91. The molecule has 15 heavy (non-hydrogen) atoms. The van der Waals surface area contributed by atoms with Crippen molar-refractivity contribution in [2.45, 2.75) is 12.0 Å². The molecular weight excluding hydrogens is 247 g/mol. The highest BCUT2D eigenvalue weighted by atomic mass is 35.5. The van der Waals surface area contributed by atoms with Crippen molar-refractivity contribution >= 4 is 23.2 Å². The van der Waals surface area contributed by atoms with Crippen molar-refractivity contribution in [1.29, 1.82) is 0 Å². The SMILES string of the molecule is N[C@@H](c1cc(Cl)ccc1Cl)C(F)(F)CO. The van der Waals surface area contributed by atoms with Crippen molar-refractivity contribution in [3.05, 3.63) is 33.8 Å². The molecule has 0 aliphatic heterocycles. The largest absolute Gasteiger partial charge is 0.390 e. The van der Waals surface area contributed by atoms with Crippen LogP contribution in [-0.2, 0) is 0 Å². The van der Waals surface area contributed by atoms with Gasteiger partial charge in [0.25, 0.3) is 5.92 Å². The second kappa shape index (κ2) is 4.61. The van der Waals surface area contributed by atoms with Crippen LogP contribution in [0.3, 0.4) is 0 Å². The van der Waals surface area contributed by atoms with Gasteiger partial charge in [0.1, 0.15) is 6.61 Å². The van der Waals surface area contributed by atoms with Gasteiger partial charge in [0.2, 0.25) is 0 Å². The van der Waals surface area contributed by atoms with Crippen LogP contribution in [0, 0.1) is 0 Å². The van der Waals surface area contributed by atoms with E-state index >= 15 is 0 Å². The summed E-state index contributed by atoms with van der Waals surface area (Å²) in [6, 6.07) is 2.44. The Morgan fingerprint density at radius 2 is 2.00 bits per heavy atom. The first-order valence-electron chi connectivity index (χ1n) is 4.07. The van der Waals surface area contributed by atoms with E-state index in [0.29, 0.717) is 0 Å². The van der Waals surface area contributed by atoms with E-state index in [1.165, 1.54) is 18.2 Å². The summed E-state index contributed by atoms with van der Waals surface area (Å²) in [5.41, 5.74) is 5.32. The fourth-order valence-corrected chi connectivity index (χ4v) is 1.49. The van der Waals surface area contributed by atoms with E-state index < -0.39 is 18.6 Å². The van der Waals surface area contributed by atoms with Crippen LogP contribution in [0.2, 0.25) is 10.0 Å². The average molecular weight is 256 g/mol. The average Bonchev–Trinajstić information content (AvgIpc) is 2.20. The van der Waals surface area contributed by atoms with Gasteiger partial charge in [0.05, 0.1) is 6.04 Å². The smallest absolute Gasteiger partial charge is 0.289 e. The molecule has 0 spiro atoms. The quantitative estimate of drug-likeness (QED) is 0.873. The Kier molecular flexibility index (Phi) is 3.89. The summed E-state index contributed by atoms with van der Waals surface area (Å²) in [5.74, 6) is -3.42. The highest BCUT2D eigenvalue weighted by Gasteiger charge is 2.38. The van der Waals surface area contributed by atoms with Crippen LogP contribution in [0.5, 0.6) is 0 Å². The standard InChI is InChI=1S/C9H9Cl2F2NO/c10-5-1-2-7(11)6(3-5)8(14)9(12,13)4-15/h1-3,8,15H,4,14H2/t8-/m0/s1. The number of aliphatic hydroxyl groups is 1. The second-order valence-electron chi connectivity index (χ2n) is 3.06. The maximum absolute atomic E-state index is 13.1. The van der Waals surface area contributed by atoms with Crippen LogP contribution < -0.4 is 5.73 Å². The molecule has 0 heterocycles. The van der Waals surface area contributed by atoms with Crippen molar-refractivity contribution in [3.8, 4) is 0 Å². The van der Waals surface area contributed by atoms with Crippen molar-refractivity contribution in [2.24, 2.45) is 5.73 Å². The molecule has 0 unspecified atom stereocenters. The van der Waals surface area contributed by atoms with Gasteiger partial charge in [-0.1, -0.05) is 23.2 Å². The number of benzene rings is 1. The number of rotatable bonds is 3.